The smallest absolute Gasteiger partial charge is 0.256 e. The molecule has 106 valence electrons. The summed E-state index contributed by atoms with van der Waals surface area (Å²) in [4.78, 5) is 11.9. The Balaban J connectivity index is 1.93. The Morgan fingerprint density at radius 3 is 2.67 bits per heavy atom. The van der Waals surface area contributed by atoms with Gasteiger partial charge in [-0.05, 0) is 29.8 Å². The van der Waals surface area contributed by atoms with Crippen molar-refractivity contribution in [2.75, 3.05) is 5.32 Å². The maximum absolute atomic E-state index is 13.2. The first-order valence-electron chi connectivity index (χ1n) is 5.75. The average molecular weight is 309 g/mol. The SMILES string of the molecule is Fc1ccc(Nc2nc(Cl)nc(-n3cccn3)n2)cc1F. The number of anilines is 2. The summed E-state index contributed by atoms with van der Waals surface area (Å²) < 4.78 is 27.4. The molecular formula is C12H7ClF2N6. The molecule has 3 aromatic rings. The topological polar surface area (TPSA) is 68.5 Å². The Kier molecular flexibility index (Phi) is 3.44. The van der Waals surface area contributed by atoms with Gasteiger partial charge in [-0.2, -0.15) is 20.1 Å². The lowest BCUT2D eigenvalue weighted by molar-refractivity contribution is 0.509. The standard InChI is InChI=1S/C12H7ClF2N6/c13-10-18-11(17-7-2-3-8(14)9(15)6-7)20-12(19-10)21-5-1-4-16-21/h1-6H,(H,17,18,19,20). The van der Waals surface area contributed by atoms with Crippen LogP contribution in [0, 0.1) is 11.6 Å². The predicted octanol–water partition coefficient (Wildman–Crippen LogP) is 2.73. The fraction of sp³-hybridized carbons (Fsp3) is 0. The zero-order chi connectivity index (χ0) is 14.8. The molecule has 1 N–H and O–H groups in total. The van der Waals surface area contributed by atoms with Crippen molar-refractivity contribution in [2.45, 2.75) is 0 Å². The minimum Gasteiger partial charge on any atom is -0.324 e. The van der Waals surface area contributed by atoms with E-state index in [4.69, 9.17) is 11.6 Å². The molecule has 2 heterocycles. The lowest BCUT2D eigenvalue weighted by Gasteiger charge is -2.07. The van der Waals surface area contributed by atoms with Crippen LogP contribution in [0.1, 0.15) is 0 Å². The van der Waals surface area contributed by atoms with Gasteiger partial charge in [-0.3, -0.25) is 0 Å². The van der Waals surface area contributed by atoms with Crippen LogP contribution in [0.3, 0.4) is 0 Å². The van der Waals surface area contributed by atoms with Crippen LogP contribution in [0.4, 0.5) is 20.4 Å². The van der Waals surface area contributed by atoms with Crippen molar-refractivity contribution in [2.24, 2.45) is 0 Å². The van der Waals surface area contributed by atoms with Crippen molar-refractivity contribution in [3.8, 4) is 5.95 Å². The van der Waals surface area contributed by atoms with Crippen molar-refractivity contribution < 1.29 is 8.78 Å². The Morgan fingerprint density at radius 1 is 1.10 bits per heavy atom. The van der Waals surface area contributed by atoms with Crippen LogP contribution in [-0.2, 0) is 0 Å². The van der Waals surface area contributed by atoms with Crippen LogP contribution in [0.2, 0.25) is 5.28 Å². The summed E-state index contributed by atoms with van der Waals surface area (Å²) in [7, 11) is 0. The number of nitrogens with zero attached hydrogens (tertiary/aromatic N) is 5. The molecule has 2 aromatic heterocycles. The summed E-state index contributed by atoms with van der Waals surface area (Å²) in [5.41, 5.74) is 0.280. The summed E-state index contributed by atoms with van der Waals surface area (Å²) in [6.45, 7) is 0. The molecule has 0 aliphatic rings. The molecule has 0 spiro atoms. The Labute approximate surface area is 122 Å². The van der Waals surface area contributed by atoms with Gasteiger partial charge in [0, 0.05) is 24.1 Å². The number of aromatic nitrogens is 5. The summed E-state index contributed by atoms with van der Waals surface area (Å²) in [6, 6.07) is 5.03. The second kappa shape index (κ2) is 5.41. The fourth-order valence-electron chi connectivity index (χ4n) is 1.59. The van der Waals surface area contributed by atoms with Gasteiger partial charge < -0.3 is 5.32 Å². The van der Waals surface area contributed by atoms with Crippen LogP contribution in [0.15, 0.2) is 36.7 Å². The molecule has 0 aliphatic heterocycles. The molecule has 0 saturated heterocycles. The number of rotatable bonds is 3. The molecular weight excluding hydrogens is 302 g/mol. The van der Waals surface area contributed by atoms with E-state index in [9.17, 15) is 8.78 Å². The first kappa shape index (κ1) is 13.4. The van der Waals surface area contributed by atoms with Crippen molar-refractivity contribution >= 4 is 23.2 Å². The maximum Gasteiger partial charge on any atom is 0.256 e. The second-order valence-electron chi connectivity index (χ2n) is 3.93. The summed E-state index contributed by atoms with van der Waals surface area (Å²) in [6.07, 6.45) is 3.19. The highest BCUT2D eigenvalue weighted by Crippen LogP contribution is 2.18. The van der Waals surface area contributed by atoms with Gasteiger partial charge in [0.1, 0.15) is 0 Å². The van der Waals surface area contributed by atoms with Crippen LogP contribution < -0.4 is 5.32 Å². The van der Waals surface area contributed by atoms with Crippen molar-refractivity contribution in [3.05, 3.63) is 53.6 Å². The molecule has 6 nitrogen and oxygen atoms in total. The molecule has 0 bridgehead atoms. The van der Waals surface area contributed by atoms with E-state index in [1.807, 2.05) is 0 Å². The van der Waals surface area contributed by atoms with Crippen LogP contribution in [-0.4, -0.2) is 24.7 Å². The van der Waals surface area contributed by atoms with Gasteiger partial charge >= 0.3 is 0 Å². The molecule has 3 rings (SSSR count). The molecule has 1 aromatic carbocycles. The number of benzene rings is 1. The highest BCUT2D eigenvalue weighted by atomic mass is 35.5. The van der Waals surface area contributed by atoms with Gasteiger partial charge in [0.15, 0.2) is 11.6 Å². The monoisotopic (exact) mass is 308 g/mol. The maximum atomic E-state index is 13.2. The average Bonchev–Trinajstić information content (AvgIpc) is 2.96. The number of hydrogen-bond donors (Lipinski definition) is 1. The third kappa shape index (κ3) is 2.95. The van der Waals surface area contributed by atoms with E-state index >= 15 is 0 Å². The van der Waals surface area contributed by atoms with Crippen molar-refractivity contribution in [1.82, 2.24) is 24.7 Å². The Hall–Kier alpha value is -2.61. The highest BCUT2D eigenvalue weighted by Gasteiger charge is 2.09. The zero-order valence-corrected chi connectivity index (χ0v) is 11.1. The molecule has 0 unspecified atom stereocenters. The van der Waals surface area contributed by atoms with Gasteiger partial charge in [-0.25, -0.2) is 13.5 Å². The molecule has 21 heavy (non-hydrogen) atoms. The minimum atomic E-state index is -0.979. The van der Waals surface area contributed by atoms with Gasteiger partial charge in [-0.15, -0.1) is 0 Å². The summed E-state index contributed by atoms with van der Waals surface area (Å²) >= 11 is 5.81. The number of nitrogens with one attached hydrogen (secondary N) is 1. The Bertz CT molecular complexity index is 777. The third-order valence-corrected chi connectivity index (χ3v) is 2.65. The summed E-state index contributed by atoms with van der Waals surface area (Å²) in [5, 5.41) is 6.64. The van der Waals surface area contributed by atoms with E-state index in [1.165, 1.54) is 10.7 Å². The first-order chi connectivity index (χ1) is 10.1. The molecule has 0 amide bonds. The molecule has 0 saturated carbocycles. The van der Waals surface area contributed by atoms with Gasteiger partial charge in [-0.1, -0.05) is 0 Å². The third-order valence-electron chi connectivity index (χ3n) is 2.48. The lowest BCUT2D eigenvalue weighted by atomic mass is 10.3. The van der Waals surface area contributed by atoms with E-state index in [2.05, 4.69) is 25.4 Å². The normalized spacial score (nSPS) is 10.6. The van der Waals surface area contributed by atoms with Crippen LogP contribution in [0.5, 0.6) is 0 Å². The molecule has 0 aliphatic carbocycles. The predicted molar refractivity (Wildman–Crippen MR) is 71.6 cm³/mol. The number of halogens is 3. The molecule has 0 radical (unpaired) electrons. The lowest BCUT2D eigenvalue weighted by Crippen LogP contribution is -2.07. The minimum absolute atomic E-state index is 0.0550. The van der Waals surface area contributed by atoms with Crippen molar-refractivity contribution in [3.63, 3.8) is 0 Å². The van der Waals surface area contributed by atoms with Gasteiger partial charge in [0.2, 0.25) is 11.2 Å². The van der Waals surface area contributed by atoms with Crippen LogP contribution >= 0.6 is 11.6 Å². The van der Waals surface area contributed by atoms with Gasteiger partial charge in [0.05, 0.1) is 0 Å². The van der Waals surface area contributed by atoms with Crippen molar-refractivity contribution in [1.29, 1.82) is 0 Å². The quantitative estimate of drug-likeness (QED) is 0.805. The zero-order valence-electron chi connectivity index (χ0n) is 10.3. The van der Waals surface area contributed by atoms with E-state index in [0.29, 0.717) is 0 Å². The molecule has 0 atom stereocenters. The highest BCUT2D eigenvalue weighted by molar-refractivity contribution is 6.28. The largest absolute Gasteiger partial charge is 0.324 e. The number of hydrogen-bond acceptors (Lipinski definition) is 5. The van der Waals surface area contributed by atoms with E-state index in [0.717, 1.165) is 12.1 Å². The fourth-order valence-corrected chi connectivity index (χ4v) is 1.74. The van der Waals surface area contributed by atoms with E-state index < -0.39 is 11.6 Å². The molecule has 0 fully saturated rings. The Morgan fingerprint density at radius 2 is 1.95 bits per heavy atom. The van der Waals surface area contributed by atoms with E-state index in [-0.39, 0.29) is 22.9 Å². The van der Waals surface area contributed by atoms with E-state index in [1.54, 1.807) is 18.5 Å². The van der Waals surface area contributed by atoms with Gasteiger partial charge in [0.25, 0.3) is 5.95 Å². The summed E-state index contributed by atoms with van der Waals surface area (Å²) in [5.74, 6) is -1.63. The first-order valence-corrected chi connectivity index (χ1v) is 6.13. The second-order valence-corrected chi connectivity index (χ2v) is 4.27. The van der Waals surface area contributed by atoms with Crippen LogP contribution in [0.25, 0.3) is 5.95 Å². The molecule has 9 heteroatoms.